The SMILES string of the molecule is C[C@@H]1CCC[C@H](C)P1c1ccccc1P1[C@H](C)CCC[C@@H]1C. The first-order chi connectivity index (χ1) is 10.6. The standard InChI is InChI=1S/C20H32P2/c1-15-9-7-10-16(2)21(15)19-13-5-6-14-20(19)22-17(3)11-8-12-18(22)4/h5-6,13-18H,7-12H2,1-4H3/t15-,16+,17-,18+,21?,22?. The van der Waals surface area contributed by atoms with Gasteiger partial charge in [0.25, 0.3) is 0 Å². The molecule has 0 N–H and O–H groups in total. The number of rotatable bonds is 2. The molecule has 2 heterocycles. The van der Waals surface area contributed by atoms with Crippen LogP contribution in [-0.2, 0) is 0 Å². The van der Waals surface area contributed by atoms with Crippen LogP contribution in [0.5, 0.6) is 0 Å². The molecule has 0 bridgehead atoms. The highest BCUT2D eigenvalue weighted by Gasteiger charge is 2.35. The van der Waals surface area contributed by atoms with Crippen molar-refractivity contribution in [3.8, 4) is 0 Å². The maximum Gasteiger partial charge on any atom is -0.0158 e. The summed E-state index contributed by atoms with van der Waals surface area (Å²) < 4.78 is 0. The van der Waals surface area contributed by atoms with Crippen molar-refractivity contribution in [1.29, 1.82) is 0 Å². The number of hydrogen-bond donors (Lipinski definition) is 0. The zero-order valence-corrected chi connectivity index (χ0v) is 16.5. The van der Waals surface area contributed by atoms with Gasteiger partial charge in [-0.3, -0.25) is 0 Å². The molecule has 0 aromatic heterocycles. The van der Waals surface area contributed by atoms with Gasteiger partial charge in [0.15, 0.2) is 0 Å². The van der Waals surface area contributed by atoms with Crippen molar-refractivity contribution >= 4 is 26.5 Å². The zero-order chi connectivity index (χ0) is 15.7. The molecule has 2 aliphatic rings. The van der Waals surface area contributed by atoms with Gasteiger partial charge in [0.05, 0.1) is 0 Å². The fraction of sp³-hybridized carbons (Fsp3) is 0.700. The lowest BCUT2D eigenvalue weighted by molar-refractivity contribution is 0.627. The monoisotopic (exact) mass is 334 g/mol. The van der Waals surface area contributed by atoms with Gasteiger partial charge in [0.1, 0.15) is 0 Å². The molecule has 0 nitrogen and oxygen atoms in total. The Morgan fingerprint density at radius 2 is 0.955 bits per heavy atom. The molecule has 2 aliphatic heterocycles. The van der Waals surface area contributed by atoms with E-state index >= 15 is 0 Å². The molecule has 0 aliphatic carbocycles. The predicted octanol–water partition coefficient (Wildman–Crippen LogP) is 5.82. The van der Waals surface area contributed by atoms with Crippen LogP contribution in [0, 0.1) is 0 Å². The van der Waals surface area contributed by atoms with E-state index in [1.807, 2.05) is 0 Å². The molecule has 2 heteroatoms. The lowest BCUT2D eigenvalue weighted by Crippen LogP contribution is -2.35. The number of hydrogen-bond acceptors (Lipinski definition) is 0. The maximum absolute atomic E-state index is 2.53. The van der Waals surface area contributed by atoms with Gasteiger partial charge in [-0.25, -0.2) is 0 Å². The molecule has 1 aromatic rings. The third-order valence-corrected chi connectivity index (χ3v) is 12.7. The molecular weight excluding hydrogens is 302 g/mol. The summed E-state index contributed by atoms with van der Waals surface area (Å²) in [4.78, 5) is 0. The van der Waals surface area contributed by atoms with Gasteiger partial charge in [-0.15, -0.1) is 0 Å². The van der Waals surface area contributed by atoms with Crippen LogP contribution in [0.15, 0.2) is 24.3 Å². The minimum absolute atomic E-state index is 0.0432. The molecule has 3 rings (SSSR count). The Bertz CT molecular complexity index is 433. The predicted molar refractivity (Wildman–Crippen MR) is 105 cm³/mol. The summed E-state index contributed by atoms with van der Waals surface area (Å²) in [5.41, 5.74) is 3.69. The Morgan fingerprint density at radius 1 is 0.636 bits per heavy atom. The molecule has 0 saturated carbocycles. The van der Waals surface area contributed by atoms with Crippen LogP contribution in [0.25, 0.3) is 0 Å². The van der Waals surface area contributed by atoms with Gasteiger partial charge in [-0.2, -0.15) is 0 Å². The second-order valence-corrected chi connectivity index (χ2v) is 13.7. The smallest absolute Gasteiger partial charge is 0.0158 e. The summed E-state index contributed by atoms with van der Waals surface area (Å²) in [7, 11) is 0.0865. The van der Waals surface area contributed by atoms with Gasteiger partial charge in [-0.1, -0.05) is 80.6 Å². The highest BCUT2D eigenvalue weighted by molar-refractivity contribution is 7.73. The summed E-state index contributed by atoms with van der Waals surface area (Å²) in [6, 6.07) is 9.64. The third kappa shape index (κ3) is 3.30. The molecule has 22 heavy (non-hydrogen) atoms. The molecule has 0 amide bonds. The van der Waals surface area contributed by atoms with Crippen molar-refractivity contribution in [3.63, 3.8) is 0 Å². The van der Waals surface area contributed by atoms with Gasteiger partial charge >= 0.3 is 0 Å². The molecular formula is C20H32P2. The second kappa shape index (κ2) is 7.32. The normalized spacial score (nSPS) is 39.6. The molecule has 0 radical (unpaired) electrons. The Labute approximate surface area is 140 Å². The largest absolute Gasteiger partial charge is 0.0688 e. The van der Waals surface area contributed by atoms with E-state index < -0.39 is 0 Å². The summed E-state index contributed by atoms with van der Waals surface area (Å²) >= 11 is 0. The molecule has 2 unspecified atom stereocenters. The first-order valence-electron chi connectivity index (χ1n) is 9.25. The van der Waals surface area contributed by atoms with Crippen molar-refractivity contribution in [2.75, 3.05) is 0 Å². The van der Waals surface area contributed by atoms with Crippen molar-refractivity contribution in [2.24, 2.45) is 0 Å². The van der Waals surface area contributed by atoms with E-state index in [1.54, 1.807) is 10.6 Å². The number of benzene rings is 1. The van der Waals surface area contributed by atoms with Crippen LogP contribution in [0.1, 0.15) is 66.2 Å². The Kier molecular flexibility index (Phi) is 5.63. The topological polar surface area (TPSA) is 0 Å². The van der Waals surface area contributed by atoms with Crippen LogP contribution in [0.2, 0.25) is 0 Å². The zero-order valence-electron chi connectivity index (χ0n) is 14.8. The third-order valence-electron chi connectivity index (χ3n) is 5.83. The molecule has 6 atom stereocenters. The molecule has 2 saturated heterocycles. The first-order valence-corrected chi connectivity index (χ1v) is 12.2. The lowest BCUT2D eigenvalue weighted by Gasteiger charge is -2.41. The summed E-state index contributed by atoms with van der Waals surface area (Å²) in [6.07, 6.45) is 8.71. The molecule has 1 aromatic carbocycles. The minimum Gasteiger partial charge on any atom is -0.0688 e. The Morgan fingerprint density at radius 3 is 1.27 bits per heavy atom. The van der Waals surface area contributed by atoms with E-state index in [4.69, 9.17) is 0 Å². The summed E-state index contributed by atoms with van der Waals surface area (Å²) in [5.74, 6) is 0. The Hall–Kier alpha value is 0.0800. The van der Waals surface area contributed by atoms with Gasteiger partial charge in [0.2, 0.25) is 0 Å². The second-order valence-electron chi connectivity index (χ2n) is 7.56. The summed E-state index contributed by atoms with van der Waals surface area (Å²) in [6.45, 7) is 10.1. The van der Waals surface area contributed by atoms with Crippen LogP contribution in [0.4, 0.5) is 0 Å². The van der Waals surface area contributed by atoms with Gasteiger partial charge in [0, 0.05) is 0 Å². The van der Waals surface area contributed by atoms with E-state index in [2.05, 4.69) is 52.0 Å². The van der Waals surface area contributed by atoms with Crippen molar-refractivity contribution in [3.05, 3.63) is 24.3 Å². The van der Waals surface area contributed by atoms with Crippen LogP contribution < -0.4 is 10.6 Å². The van der Waals surface area contributed by atoms with Crippen molar-refractivity contribution in [1.82, 2.24) is 0 Å². The first kappa shape index (κ1) is 16.9. The highest BCUT2D eigenvalue weighted by Crippen LogP contribution is 2.56. The lowest BCUT2D eigenvalue weighted by atomic mass is 10.1. The molecule has 2 fully saturated rings. The van der Waals surface area contributed by atoms with E-state index in [0.29, 0.717) is 0 Å². The van der Waals surface area contributed by atoms with Gasteiger partial charge < -0.3 is 0 Å². The fourth-order valence-corrected chi connectivity index (χ4v) is 12.1. The van der Waals surface area contributed by atoms with Gasteiger partial charge in [-0.05, 0) is 58.9 Å². The van der Waals surface area contributed by atoms with E-state index in [-0.39, 0.29) is 15.8 Å². The molecule has 0 spiro atoms. The maximum atomic E-state index is 2.53. The summed E-state index contributed by atoms with van der Waals surface area (Å²) in [5, 5.41) is 3.59. The van der Waals surface area contributed by atoms with E-state index in [9.17, 15) is 0 Å². The average molecular weight is 334 g/mol. The van der Waals surface area contributed by atoms with Crippen LogP contribution in [-0.4, -0.2) is 22.6 Å². The van der Waals surface area contributed by atoms with Crippen molar-refractivity contribution in [2.45, 2.75) is 88.9 Å². The van der Waals surface area contributed by atoms with Crippen LogP contribution in [0.3, 0.4) is 0 Å². The van der Waals surface area contributed by atoms with E-state index in [1.165, 1.54) is 38.5 Å². The minimum atomic E-state index is 0.0432. The quantitative estimate of drug-likeness (QED) is 0.598. The fourth-order valence-electron chi connectivity index (χ4n) is 4.69. The highest BCUT2D eigenvalue weighted by atomic mass is 31.1. The van der Waals surface area contributed by atoms with Crippen molar-refractivity contribution < 1.29 is 0 Å². The Balaban J connectivity index is 1.99. The molecule has 122 valence electrons. The average Bonchev–Trinajstić information content (AvgIpc) is 2.48. The van der Waals surface area contributed by atoms with Crippen LogP contribution >= 0.6 is 15.8 Å². The van der Waals surface area contributed by atoms with E-state index in [0.717, 1.165) is 22.6 Å².